The van der Waals surface area contributed by atoms with Gasteiger partial charge in [0.1, 0.15) is 29.2 Å². The number of pyridine rings is 1. The van der Waals surface area contributed by atoms with Gasteiger partial charge in [-0.25, -0.2) is 24.9 Å². The molecule has 1 aliphatic rings. The number of nitrogens with one attached hydrogen (secondary N) is 3. The second-order valence-electron chi connectivity index (χ2n) is 8.82. The molecule has 1 saturated heterocycles. The Kier molecular flexibility index (Phi) is 7.27. The second kappa shape index (κ2) is 11.1. The second-order valence-corrected chi connectivity index (χ2v) is 8.82. The van der Waals surface area contributed by atoms with E-state index >= 15 is 0 Å². The first-order valence-corrected chi connectivity index (χ1v) is 12.2. The molecule has 1 atom stereocenters. The average Bonchev–Trinajstić information content (AvgIpc) is 2.93. The van der Waals surface area contributed by atoms with Crippen LogP contribution in [0.5, 0.6) is 0 Å². The molecule has 188 valence electrons. The van der Waals surface area contributed by atoms with Crippen molar-refractivity contribution in [2.75, 3.05) is 36.9 Å². The molecule has 5 rings (SSSR count). The smallest absolute Gasteiger partial charge is 0.238 e. The van der Waals surface area contributed by atoms with E-state index in [1.165, 1.54) is 0 Å². The summed E-state index contributed by atoms with van der Waals surface area (Å²) >= 11 is 0. The van der Waals surface area contributed by atoms with E-state index in [9.17, 15) is 4.79 Å². The number of carbonyl (C=O) groups excluding carboxylic acids is 1. The van der Waals surface area contributed by atoms with Crippen molar-refractivity contribution in [1.82, 2.24) is 35.6 Å². The van der Waals surface area contributed by atoms with Gasteiger partial charge in [0, 0.05) is 56.9 Å². The SMILES string of the molecule is CNC(=O)[C@@H]1CN(c2ccc(Cc3nccc(Nc4ccnc(-c5cccc(C)n5)n4)n3)cc2)CCN1. The van der Waals surface area contributed by atoms with Crippen LogP contribution in [-0.2, 0) is 11.2 Å². The van der Waals surface area contributed by atoms with Gasteiger partial charge in [-0.3, -0.25) is 4.79 Å². The summed E-state index contributed by atoms with van der Waals surface area (Å²) in [5.74, 6) is 2.55. The predicted octanol–water partition coefficient (Wildman–Crippen LogP) is 2.50. The molecule has 10 heteroatoms. The van der Waals surface area contributed by atoms with E-state index in [-0.39, 0.29) is 11.9 Å². The lowest BCUT2D eigenvalue weighted by Crippen LogP contribution is -2.56. The van der Waals surface area contributed by atoms with E-state index in [0.29, 0.717) is 36.3 Å². The molecular weight excluding hydrogens is 466 g/mol. The number of rotatable bonds is 7. The Balaban J connectivity index is 1.24. The number of nitrogens with zero attached hydrogens (tertiary/aromatic N) is 6. The number of hydrogen-bond acceptors (Lipinski definition) is 9. The molecule has 1 aromatic carbocycles. The minimum absolute atomic E-state index is 0.0111. The fraction of sp³-hybridized carbons (Fsp3) is 0.259. The molecule has 0 bridgehead atoms. The van der Waals surface area contributed by atoms with Gasteiger partial charge in [-0.2, -0.15) is 0 Å². The quantitative estimate of drug-likeness (QED) is 0.355. The van der Waals surface area contributed by atoms with E-state index in [1.54, 1.807) is 25.5 Å². The van der Waals surface area contributed by atoms with Crippen molar-refractivity contribution in [1.29, 1.82) is 0 Å². The zero-order valence-electron chi connectivity index (χ0n) is 20.8. The summed E-state index contributed by atoms with van der Waals surface area (Å²) in [5.41, 5.74) is 3.83. The van der Waals surface area contributed by atoms with E-state index in [2.05, 4.69) is 70.0 Å². The molecule has 0 unspecified atom stereocenters. The Morgan fingerprint density at radius 1 is 1.00 bits per heavy atom. The summed E-state index contributed by atoms with van der Waals surface area (Å²) in [6.45, 7) is 4.20. The molecule has 1 amide bonds. The van der Waals surface area contributed by atoms with Crippen LogP contribution in [0.2, 0.25) is 0 Å². The highest BCUT2D eigenvalue weighted by molar-refractivity contribution is 5.82. The topological polar surface area (TPSA) is 121 Å². The number of amides is 1. The third-order valence-electron chi connectivity index (χ3n) is 6.14. The van der Waals surface area contributed by atoms with Gasteiger partial charge in [0.15, 0.2) is 5.82 Å². The summed E-state index contributed by atoms with van der Waals surface area (Å²) < 4.78 is 0. The molecule has 37 heavy (non-hydrogen) atoms. The lowest BCUT2D eigenvalue weighted by atomic mass is 10.1. The first-order chi connectivity index (χ1) is 18.1. The van der Waals surface area contributed by atoms with Gasteiger partial charge < -0.3 is 20.9 Å². The van der Waals surface area contributed by atoms with Crippen molar-refractivity contribution in [3.05, 3.63) is 84.1 Å². The Hall–Kier alpha value is -4.44. The van der Waals surface area contributed by atoms with Gasteiger partial charge in [-0.05, 0) is 48.9 Å². The van der Waals surface area contributed by atoms with Crippen LogP contribution in [0, 0.1) is 6.92 Å². The summed E-state index contributed by atoms with van der Waals surface area (Å²) in [6.07, 6.45) is 4.04. The Morgan fingerprint density at radius 3 is 2.57 bits per heavy atom. The molecule has 0 spiro atoms. The molecule has 3 N–H and O–H groups in total. The molecule has 10 nitrogen and oxygen atoms in total. The third kappa shape index (κ3) is 6.04. The van der Waals surface area contributed by atoms with Crippen molar-refractivity contribution >= 4 is 23.2 Å². The zero-order valence-corrected chi connectivity index (χ0v) is 20.8. The van der Waals surface area contributed by atoms with Crippen molar-refractivity contribution in [2.24, 2.45) is 0 Å². The number of piperazine rings is 1. The van der Waals surface area contributed by atoms with Crippen LogP contribution in [0.3, 0.4) is 0 Å². The normalized spacial score (nSPS) is 15.3. The summed E-state index contributed by atoms with van der Waals surface area (Å²) in [4.78, 5) is 36.8. The van der Waals surface area contributed by atoms with Gasteiger partial charge >= 0.3 is 0 Å². The molecule has 0 aliphatic carbocycles. The van der Waals surface area contributed by atoms with E-state index in [0.717, 1.165) is 35.7 Å². The van der Waals surface area contributed by atoms with Crippen molar-refractivity contribution in [3.63, 3.8) is 0 Å². The molecule has 1 aliphatic heterocycles. The Labute approximate surface area is 215 Å². The molecule has 1 fully saturated rings. The first-order valence-electron chi connectivity index (χ1n) is 12.2. The summed E-state index contributed by atoms with van der Waals surface area (Å²) in [6, 6.07) is 17.5. The maximum Gasteiger partial charge on any atom is 0.238 e. The predicted molar refractivity (Wildman–Crippen MR) is 143 cm³/mol. The number of aryl methyl sites for hydroxylation is 1. The van der Waals surface area contributed by atoms with Gasteiger partial charge in [0.2, 0.25) is 5.91 Å². The summed E-state index contributed by atoms with van der Waals surface area (Å²) in [7, 11) is 1.66. The van der Waals surface area contributed by atoms with Gasteiger partial charge in [-0.15, -0.1) is 0 Å². The molecule has 4 heterocycles. The maximum atomic E-state index is 12.0. The van der Waals surface area contributed by atoms with Crippen molar-refractivity contribution in [3.8, 4) is 11.5 Å². The Morgan fingerprint density at radius 2 is 1.78 bits per heavy atom. The fourth-order valence-corrected chi connectivity index (χ4v) is 4.25. The highest BCUT2D eigenvalue weighted by Gasteiger charge is 2.24. The summed E-state index contributed by atoms with van der Waals surface area (Å²) in [5, 5.41) is 9.23. The van der Waals surface area contributed by atoms with E-state index in [1.807, 2.05) is 31.2 Å². The van der Waals surface area contributed by atoms with E-state index in [4.69, 9.17) is 0 Å². The number of hydrogen-bond donors (Lipinski definition) is 3. The van der Waals surface area contributed by atoms with Crippen LogP contribution >= 0.6 is 0 Å². The largest absolute Gasteiger partial charge is 0.368 e. The van der Waals surface area contributed by atoms with Crippen molar-refractivity contribution in [2.45, 2.75) is 19.4 Å². The standard InChI is InChI=1S/C27H29N9O/c1-18-4-3-5-21(32-18)26-31-13-11-24(35-26)33-23-10-12-30-25(34-23)16-19-6-8-20(9-7-19)36-15-14-29-22(17-36)27(37)28-2/h3-13,22,29H,14-17H2,1-2H3,(H,28,37)(H,30,31,33,34,35)/t22-/m0/s1. The van der Waals surface area contributed by atoms with Crippen LogP contribution in [-0.4, -0.2) is 63.6 Å². The lowest BCUT2D eigenvalue weighted by molar-refractivity contribution is -0.122. The van der Waals surface area contributed by atoms with Gasteiger partial charge in [0.25, 0.3) is 0 Å². The minimum Gasteiger partial charge on any atom is -0.368 e. The van der Waals surface area contributed by atoms with Crippen LogP contribution in [0.1, 0.15) is 17.1 Å². The average molecular weight is 496 g/mol. The van der Waals surface area contributed by atoms with Crippen LogP contribution in [0.15, 0.2) is 67.0 Å². The van der Waals surface area contributed by atoms with Crippen LogP contribution in [0.25, 0.3) is 11.5 Å². The highest BCUT2D eigenvalue weighted by atomic mass is 16.2. The van der Waals surface area contributed by atoms with Crippen LogP contribution in [0.4, 0.5) is 17.3 Å². The zero-order chi connectivity index (χ0) is 25.6. The minimum atomic E-state index is -0.207. The van der Waals surface area contributed by atoms with Gasteiger partial charge in [-0.1, -0.05) is 18.2 Å². The third-order valence-corrected chi connectivity index (χ3v) is 6.14. The highest BCUT2D eigenvalue weighted by Crippen LogP contribution is 2.20. The fourth-order valence-electron chi connectivity index (χ4n) is 4.25. The van der Waals surface area contributed by atoms with Gasteiger partial charge in [0.05, 0.1) is 0 Å². The molecular formula is C27H29N9O. The monoisotopic (exact) mass is 495 g/mol. The van der Waals surface area contributed by atoms with E-state index < -0.39 is 0 Å². The molecule has 4 aromatic rings. The molecule has 0 saturated carbocycles. The number of anilines is 3. The lowest BCUT2D eigenvalue weighted by Gasteiger charge is -2.34. The molecule has 0 radical (unpaired) electrons. The van der Waals surface area contributed by atoms with Crippen molar-refractivity contribution < 1.29 is 4.79 Å². The maximum absolute atomic E-state index is 12.0. The van der Waals surface area contributed by atoms with Crippen LogP contribution < -0.4 is 20.9 Å². The first kappa shape index (κ1) is 24.3. The Bertz CT molecular complexity index is 1380. The number of carbonyl (C=O) groups is 1. The number of benzene rings is 1. The number of likely N-dealkylation sites (N-methyl/N-ethyl adjacent to an activating group) is 1. The molecule has 3 aromatic heterocycles. The number of aromatic nitrogens is 5.